The summed E-state index contributed by atoms with van der Waals surface area (Å²) in [6.07, 6.45) is 4.40. The molecule has 1 aromatic carbocycles. The quantitative estimate of drug-likeness (QED) is 0.818. The second-order valence-corrected chi connectivity index (χ2v) is 4.88. The van der Waals surface area contributed by atoms with Gasteiger partial charge in [-0.2, -0.15) is 0 Å². The minimum atomic E-state index is -0.0116. The molecule has 1 atom stereocenters. The van der Waals surface area contributed by atoms with Crippen LogP contribution in [0.3, 0.4) is 0 Å². The third kappa shape index (κ3) is 3.38. The van der Waals surface area contributed by atoms with Crippen molar-refractivity contribution in [2.75, 3.05) is 5.73 Å². The highest BCUT2D eigenvalue weighted by Gasteiger charge is 2.11. The van der Waals surface area contributed by atoms with Crippen LogP contribution in [0.15, 0.2) is 36.7 Å². The van der Waals surface area contributed by atoms with Crippen molar-refractivity contribution in [2.45, 2.75) is 32.9 Å². The Hall–Kier alpha value is -2.30. The highest BCUT2D eigenvalue weighted by Crippen LogP contribution is 2.19. The van der Waals surface area contributed by atoms with Gasteiger partial charge in [-0.15, -0.1) is 0 Å². The van der Waals surface area contributed by atoms with E-state index in [2.05, 4.69) is 10.3 Å². The largest absolute Gasteiger partial charge is 0.399 e. The molecule has 1 heterocycles. The van der Waals surface area contributed by atoms with E-state index in [1.54, 1.807) is 12.4 Å². The zero-order valence-electron chi connectivity index (χ0n) is 11.8. The number of benzene rings is 1. The topological polar surface area (TPSA) is 72.9 Å². The molecule has 0 saturated heterocycles. The van der Waals surface area contributed by atoms with Crippen LogP contribution in [0.25, 0.3) is 11.4 Å². The van der Waals surface area contributed by atoms with E-state index < -0.39 is 0 Å². The van der Waals surface area contributed by atoms with Gasteiger partial charge in [0, 0.05) is 29.7 Å². The Morgan fingerprint density at radius 3 is 3.00 bits per heavy atom. The number of nitrogens with zero attached hydrogens (tertiary/aromatic N) is 2. The molecular weight excluding hydrogens is 252 g/mol. The van der Waals surface area contributed by atoms with Crippen molar-refractivity contribution in [3.63, 3.8) is 0 Å². The van der Waals surface area contributed by atoms with Crippen LogP contribution in [0.1, 0.15) is 20.3 Å². The first-order chi connectivity index (χ1) is 9.60. The van der Waals surface area contributed by atoms with Gasteiger partial charge in [-0.25, -0.2) is 4.98 Å². The van der Waals surface area contributed by atoms with Gasteiger partial charge in [0.15, 0.2) is 0 Å². The number of hydrogen-bond donors (Lipinski definition) is 2. The molecule has 1 amide bonds. The zero-order chi connectivity index (χ0) is 14.5. The molecule has 1 aromatic heterocycles. The molecule has 2 aromatic rings. The Balaban J connectivity index is 2.15. The van der Waals surface area contributed by atoms with Gasteiger partial charge >= 0.3 is 0 Å². The van der Waals surface area contributed by atoms with Crippen LogP contribution >= 0.6 is 0 Å². The van der Waals surface area contributed by atoms with Crippen molar-refractivity contribution in [2.24, 2.45) is 0 Å². The number of rotatable bonds is 5. The van der Waals surface area contributed by atoms with Gasteiger partial charge in [-0.3, -0.25) is 4.79 Å². The number of aromatic nitrogens is 2. The highest BCUT2D eigenvalue weighted by molar-refractivity contribution is 5.77. The van der Waals surface area contributed by atoms with Crippen molar-refractivity contribution in [1.82, 2.24) is 14.9 Å². The van der Waals surface area contributed by atoms with Gasteiger partial charge in [-0.1, -0.05) is 19.1 Å². The molecule has 0 aliphatic carbocycles. The summed E-state index contributed by atoms with van der Waals surface area (Å²) in [6, 6.07) is 7.67. The SMILES string of the molecule is CCC(C)NC(=O)Cn1ccnc1-c1cccc(N)c1. The van der Waals surface area contributed by atoms with Gasteiger partial charge in [0.25, 0.3) is 0 Å². The predicted molar refractivity (Wildman–Crippen MR) is 80.0 cm³/mol. The average molecular weight is 272 g/mol. The number of nitrogens with two attached hydrogens (primary N) is 1. The molecule has 0 saturated carbocycles. The molecule has 5 heteroatoms. The maximum Gasteiger partial charge on any atom is 0.240 e. The van der Waals surface area contributed by atoms with E-state index in [0.29, 0.717) is 5.69 Å². The lowest BCUT2D eigenvalue weighted by Gasteiger charge is -2.13. The number of carbonyl (C=O) groups is 1. The lowest BCUT2D eigenvalue weighted by Crippen LogP contribution is -2.34. The fourth-order valence-corrected chi connectivity index (χ4v) is 1.95. The fraction of sp³-hybridized carbons (Fsp3) is 0.333. The van der Waals surface area contributed by atoms with E-state index in [-0.39, 0.29) is 18.5 Å². The number of nitrogen functional groups attached to an aromatic ring is 1. The van der Waals surface area contributed by atoms with Gasteiger partial charge < -0.3 is 15.6 Å². The van der Waals surface area contributed by atoms with E-state index in [1.165, 1.54) is 0 Å². The van der Waals surface area contributed by atoms with Crippen LogP contribution < -0.4 is 11.1 Å². The molecule has 0 aliphatic heterocycles. The number of hydrogen-bond acceptors (Lipinski definition) is 3. The Morgan fingerprint density at radius 1 is 1.50 bits per heavy atom. The van der Waals surface area contributed by atoms with Crippen molar-refractivity contribution < 1.29 is 4.79 Å². The molecule has 20 heavy (non-hydrogen) atoms. The molecule has 0 bridgehead atoms. The molecule has 106 valence electrons. The lowest BCUT2D eigenvalue weighted by atomic mass is 10.2. The van der Waals surface area contributed by atoms with E-state index >= 15 is 0 Å². The van der Waals surface area contributed by atoms with Crippen LogP contribution in [0.5, 0.6) is 0 Å². The Bertz CT molecular complexity index is 591. The van der Waals surface area contributed by atoms with Crippen LogP contribution in [0.4, 0.5) is 5.69 Å². The lowest BCUT2D eigenvalue weighted by molar-refractivity contribution is -0.122. The van der Waals surface area contributed by atoms with Gasteiger partial charge in [0.2, 0.25) is 5.91 Å². The van der Waals surface area contributed by atoms with Crippen molar-refractivity contribution >= 4 is 11.6 Å². The normalized spacial score (nSPS) is 12.1. The first-order valence-corrected chi connectivity index (χ1v) is 6.76. The minimum absolute atomic E-state index is 0.0116. The molecule has 0 aliphatic rings. The van der Waals surface area contributed by atoms with E-state index in [9.17, 15) is 4.79 Å². The first kappa shape index (κ1) is 14.1. The molecule has 0 fully saturated rings. The highest BCUT2D eigenvalue weighted by atomic mass is 16.2. The van der Waals surface area contributed by atoms with E-state index in [4.69, 9.17) is 5.73 Å². The van der Waals surface area contributed by atoms with Gasteiger partial charge in [0.05, 0.1) is 0 Å². The smallest absolute Gasteiger partial charge is 0.240 e. The maximum atomic E-state index is 11.9. The Morgan fingerprint density at radius 2 is 2.30 bits per heavy atom. The molecule has 5 nitrogen and oxygen atoms in total. The van der Waals surface area contributed by atoms with Crippen LogP contribution in [-0.4, -0.2) is 21.5 Å². The third-order valence-electron chi connectivity index (χ3n) is 3.19. The first-order valence-electron chi connectivity index (χ1n) is 6.76. The zero-order valence-corrected chi connectivity index (χ0v) is 11.8. The van der Waals surface area contributed by atoms with Gasteiger partial charge in [-0.05, 0) is 25.5 Å². The summed E-state index contributed by atoms with van der Waals surface area (Å²) >= 11 is 0. The maximum absolute atomic E-state index is 11.9. The Kier molecular flexibility index (Phi) is 4.40. The van der Waals surface area contributed by atoms with E-state index in [1.807, 2.05) is 42.7 Å². The molecule has 2 rings (SSSR count). The third-order valence-corrected chi connectivity index (χ3v) is 3.19. The summed E-state index contributed by atoms with van der Waals surface area (Å²) < 4.78 is 1.83. The van der Waals surface area contributed by atoms with Crippen LogP contribution in [0.2, 0.25) is 0 Å². The van der Waals surface area contributed by atoms with Crippen molar-refractivity contribution in [1.29, 1.82) is 0 Å². The molecule has 0 spiro atoms. The summed E-state index contributed by atoms with van der Waals surface area (Å²) in [4.78, 5) is 16.3. The van der Waals surface area contributed by atoms with Crippen LogP contribution in [0, 0.1) is 0 Å². The minimum Gasteiger partial charge on any atom is -0.399 e. The van der Waals surface area contributed by atoms with Gasteiger partial charge in [0.1, 0.15) is 12.4 Å². The van der Waals surface area contributed by atoms with Crippen LogP contribution in [-0.2, 0) is 11.3 Å². The predicted octanol–water partition coefficient (Wildman–Crippen LogP) is 2.05. The summed E-state index contributed by atoms with van der Waals surface area (Å²) in [5, 5.41) is 2.95. The summed E-state index contributed by atoms with van der Waals surface area (Å²) in [7, 11) is 0. The molecular formula is C15H20N4O. The second kappa shape index (κ2) is 6.23. The number of amides is 1. The number of imidazole rings is 1. The monoisotopic (exact) mass is 272 g/mol. The molecule has 3 N–H and O–H groups in total. The summed E-state index contributed by atoms with van der Waals surface area (Å²) in [5.41, 5.74) is 7.37. The molecule has 1 unspecified atom stereocenters. The standard InChI is InChI=1S/C15H20N4O/c1-3-11(2)18-14(20)10-19-8-7-17-15(19)12-5-4-6-13(16)9-12/h4-9,11H,3,10,16H2,1-2H3,(H,18,20). The fourth-order valence-electron chi connectivity index (χ4n) is 1.95. The Labute approximate surface area is 118 Å². The summed E-state index contributed by atoms with van der Waals surface area (Å²) in [5.74, 6) is 0.735. The number of nitrogens with one attached hydrogen (secondary N) is 1. The van der Waals surface area contributed by atoms with E-state index in [0.717, 1.165) is 17.8 Å². The number of anilines is 1. The number of carbonyl (C=O) groups excluding carboxylic acids is 1. The average Bonchev–Trinajstić information content (AvgIpc) is 2.86. The molecule has 0 radical (unpaired) electrons. The summed E-state index contributed by atoms with van der Waals surface area (Å²) in [6.45, 7) is 4.29. The second-order valence-electron chi connectivity index (χ2n) is 4.88. The van der Waals surface area contributed by atoms with Crippen molar-refractivity contribution in [3.05, 3.63) is 36.7 Å². The van der Waals surface area contributed by atoms with Crippen molar-refractivity contribution in [3.8, 4) is 11.4 Å².